The first-order valence-corrected chi connectivity index (χ1v) is 12.9. The number of carbonyl (C=O) groups is 4. The molecule has 198 valence electrons. The molecular formula is C29H32N4O5. The molecule has 38 heavy (non-hydrogen) atoms. The highest BCUT2D eigenvalue weighted by atomic mass is 16.4. The number of amides is 3. The maximum Gasteiger partial charge on any atom is 0.326 e. The summed E-state index contributed by atoms with van der Waals surface area (Å²) in [6.07, 6.45) is 0.289. The fourth-order valence-electron chi connectivity index (χ4n) is 5.68. The number of fused-ring (bicyclic) bond motifs is 7. The number of carbonyl (C=O) groups excluding carboxylic acids is 3. The van der Waals surface area contributed by atoms with E-state index in [9.17, 15) is 24.3 Å². The van der Waals surface area contributed by atoms with E-state index in [4.69, 9.17) is 0 Å². The number of para-hydroxylation sites is 1. The second-order valence-electron chi connectivity index (χ2n) is 10.8. The summed E-state index contributed by atoms with van der Waals surface area (Å²) in [6, 6.07) is 11.9. The van der Waals surface area contributed by atoms with Gasteiger partial charge < -0.3 is 25.6 Å². The Morgan fingerprint density at radius 1 is 0.947 bits per heavy atom. The van der Waals surface area contributed by atoms with Gasteiger partial charge in [-0.15, -0.1) is 0 Å². The fraction of sp³-hybridized carbons (Fsp3) is 0.379. The molecule has 5 rings (SSSR count). The SMILES string of the molecule is CC(C)[C@H](NC(=O)[C@H](NC(=O)[C@@H]1Cc2c([nH]c3ccccc23)[C@H]2c3ccccc3C(=O)N21)C(C)C)C(=O)O. The van der Waals surface area contributed by atoms with Gasteiger partial charge in [-0.2, -0.15) is 0 Å². The number of aliphatic carboxylic acids is 1. The van der Waals surface area contributed by atoms with Crippen LogP contribution >= 0.6 is 0 Å². The van der Waals surface area contributed by atoms with Gasteiger partial charge in [-0.1, -0.05) is 64.1 Å². The maximum atomic E-state index is 13.9. The molecule has 9 heteroatoms. The molecule has 4 atom stereocenters. The molecular weight excluding hydrogens is 484 g/mol. The van der Waals surface area contributed by atoms with Crippen molar-refractivity contribution in [3.05, 3.63) is 70.9 Å². The Morgan fingerprint density at radius 3 is 2.29 bits per heavy atom. The van der Waals surface area contributed by atoms with Gasteiger partial charge in [0.1, 0.15) is 18.1 Å². The number of hydrogen-bond donors (Lipinski definition) is 4. The van der Waals surface area contributed by atoms with Crippen molar-refractivity contribution in [3.8, 4) is 0 Å². The lowest BCUT2D eigenvalue weighted by Crippen LogP contribution is -2.59. The number of carboxylic acid groups (broad SMARTS) is 1. The number of rotatable bonds is 7. The van der Waals surface area contributed by atoms with E-state index in [-0.39, 0.29) is 24.2 Å². The van der Waals surface area contributed by atoms with Crippen LogP contribution in [0.4, 0.5) is 0 Å². The summed E-state index contributed by atoms with van der Waals surface area (Å²) >= 11 is 0. The van der Waals surface area contributed by atoms with Crippen molar-refractivity contribution in [2.45, 2.75) is 58.3 Å². The monoisotopic (exact) mass is 516 g/mol. The van der Waals surface area contributed by atoms with Gasteiger partial charge in [0.05, 0.1) is 6.04 Å². The minimum Gasteiger partial charge on any atom is -0.480 e. The van der Waals surface area contributed by atoms with Crippen molar-refractivity contribution in [1.29, 1.82) is 0 Å². The van der Waals surface area contributed by atoms with E-state index in [0.717, 1.165) is 27.7 Å². The van der Waals surface area contributed by atoms with Crippen molar-refractivity contribution < 1.29 is 24.3 Å². The van der Waals surface area contributed by atoms with Crippen LogP contribution in [0.25, 0.3) is 10.9 Å². The van der Waals surface area contributed by atoms with Gasteiger partial charge in [-0.3, -0.25) is 14.4 Å². The Hall–Kier alpha value is -4.14. The third kappa shape index (κ3) is 4.12. The fourth-order valence-corrected chi connectivity index (χ4v) is 5.68. The summed E-state index contributed by atoms with van der Waals surface area (Å²) in [5.41, 5.74) is 4.20. The molecule has 3 aromatic rings. The van der Waals surface area contributed by atoms with Gasteiger partial charge >= 0.3 is 5.97 Å². The van der Waals surface area contributed by atoms with Crippen molar-refractivity contribution in [3.63, 3.8) is 0 Å². The standard InChI is InChI=1S/C29H32N4O5/c1-14(2)22(27(35)32-23(15(3)4)29(37)38)31-26(34)21-13-19-16-9-7-8-12-20(16)30-24(19)25-17-10-5-6-11-18(17)28(36)33(21)25/h5-12,14-15,21-23,25,30H,13H2,1-4H3,(H,31,34)(H,32,35)(H,37,38)/t21-,22+,23-,25+/m0/s1. The molecule has 4 N–H and O–H groups in total. The smallest absolute Gasteiger partial charge is 0.326 e. The average Bonchev–Trinajstić information content (AvgIpc) is 3.40. The zero-order valence-electron chi connectivity index (χ0n) is 21.8. The highest BCUT2D eigenvalue weighted by Gasteiger charge is 2.49. The molecule has 2 aromatic carbocycles. The maximum absolute atomic E-state index is 13.9. The Kier molecular flexibility index (Phi) is 6.46. The predicted molar refractivity (Wildman–Crippen MR) is 141 cm³/mol. The minimum absolute atomic E-state index is 0.230. The van der Waals surface area contributed by atoms with Gasteiger partial charge in [-0.05, 0) is 35.1 Å². The highest BCUT2D eigenvalue weighted by Crippen LogP contribution is 2.46. The van der Waals surface area contributed by atoms with Crippen molar-refractivity contribution >= 4 is 34.6 Å². The van der Waals surface area contributed by atoms with Gasteiger partial charge in [0.2, 0.25) is 11.8 Å². The third-order valence-electron chi connectivity index (χ3n) is 7.63. The van der Waals surface area contributed by atoms with Crippen LogP contribution in [0.2, 0.25) is 0 Å². The van der Waals surface area contributed by atoms with Crippen LogP contribution < -0.4 is 10.6 Å². The first kappa shape index (κ1) is 25.5. The molecule has 1 aromatic heterocycles. The largest absolute Gasteiger partial charge is 0.480 e. The second kappa shape index (κ2) is 9.63. The quantitative estimate of drug-likeness (QED) is 0.383. The van der Waals surface area contributed by atoms with Gasteiger partial charge in [0, 0.05) is 28.6 Å². The van der Waals surface area contributed by atoms with E-state index in [1.165, 1.54) is 0 Å². The molecule has 2 aliphatic rings. The summed E-state index contributed by atoms with van der Waals surface area (Å²) in [5.74, 6) is -3.02. The molecule has 0 aliphatic carbocycles. The number of aromatic nitrogens is 1. The molecule has 0 saturated carbocycles. The van der Waals surface area contributed by atoms with Crippen LogP contribution in [-0.2, 0) is 20.8 Å². The molecule has 0 radical (unpaired) electrons. The lowest BCUT2D eigenvalue weighted by atomic mass is 9.89. The van der Waals surface area contributed by atoms with Crippen LogP contribution in [0, 0.1) is 11.8 Å². The van der Waals surface area contributed by atoms with Crippen LogP contribution in [0.1, 0.15) is 60.9 Å². The summed E-state index contributed by atoms with van der Waals surface area (Å²) in [7, 11) is 0. The molecule has 9 nitrogen and oxygen atoms in total. The van der Waals surface area contributed by atoms with E-state index in [2.05, 4.69) is 15.6 Å². The first-order chi connectivity index (χ1) is 18.1. The molecule has 0 unspecified atom stereocenters. The summed E-state index contributed by atoms with van der Waals surface area (Å²) in [5, 5.41) is 15.9. The molecule has 3 heterocycles. The number of benzene rings is 2. The van der Waals surface area contributed by atoms with E-state index >= 15 is 0 Å². The van der Waals surface area contributed by atoms with Crippen molar-refractivity contribution in [2.75, 3.05) is 0 Å². The Morgan fingerprint density at radius 2 is 1.61 bits per heavy atom. The van der Waals surface area contributed by atoms with Crippen LogP contribution in [0.15, 0.2) is 48.5 Å². The third-order valence-corrected chi connectivity index (χ3v) is 7.63. The lowest BCUT2D eigenvalue weighted by molar-refractivity contribution is -0.143. The Balaban J connectivity index is 1.50. The molecule has 3 amide bonds. The van der Waals surface area contributed by atoms with E-state index in [1.54, 1.807) is 38.7 Å². The topological polar surface area (TPSA) is 132 Å². The number of nitrogens with zero attached hydrogens (tertiary/aromatic N) is 1. The van der Waals surface area contributed by atoms with Crippen molar-refractivity contribution in [2.24, 2.45) is 11.8 Å². The number of hydrogen-bond acceptors (Lipinski definition) is 4. The second-order valence-corrected chi connectivity index (χ2v) is 10.8. The molecule has 0 fully saturated rings. The molecule has 2 aliphatic heterocycles. The minimum atomic E-state index is -1.13. The van der Waals surface area contributed by atoms with Crippen molar-refractivity contribution in [1.82, 2.24) is 20.5 Å². The van der Waals surface area contributed by atoms with E-state index < -0.39 is 42.0 Å². The molecule has 0 saturated heterocycles. The summed E-state index contributed by atoms with van der Waals surface area (Å²) in [4.78, 5) is 57.4. The number of aromatic amines is 1. The normalized spacial score (nSPS) is 19.6. The van der Waals surface area contributed by atoms with Gasteiger partial charge in [0.15, 0.2) is 0 Å². The predicted octanol–water partition coefficient (Wildman–Crippen LogP) is 3.00. The highest BCUT2D eigenvalue weighted by molar-refractivity contribution is 6.04. The number of H-pyrrole nitrogens is 1. The van der Waals surface area contributed by atoms with Crippen LogP contribution in [0.5, 0.6) is 0 Å². The lowest BCUT2D eigenvalue weighted by Gasteiger charge is -2.38. The van der Waals surface area contributed by atoms with E-state index in [0.29, 0.717) is 5.56 Å². The number of carboxylic acids is 1. The van der Waals surface area contributed by atoms with Gasteiger partial charge in [0.25, 0.3) is 5.91 Å². The number of nitrogens with one attached hydrogen (secondary N) is 3. The molecule has 0 bridgehead atoms. The van der Waals surface area contributed by atoms with E-state index in [1.807, 2.05) is 42.5 Å². The van der Waals surface area contributed by atoms with Crippen LogP contribution in [0.3, 0.4) is 0 Å². The molecule has 0 spiro atoms. The first-order valence-electron chi connectivity index (χ1n) is 12.9. The van der Waals surface area contributed by atoms with Gasteiger partial charge in [-0.25, -0.2) is 4.79 Å². The summed E-state index contributed by atoms with van der Waals surface area (Å²) < 4.78 is 0. The summed E-state index contributed by atoms with van der Waals surface area (Å²) in [6.45, 7) is 6.99. The zero-order valence-corrected chi connectivity index (χ0v) is 21.8. The average molecular weight is 517 g/mol. The zero-order chi connectivity index (χ0) is 27.3. The Bertz CT molecular complexity index is 1440. The van der Waals surface area contributed by atoms with Crippen LogP contribution in [-0.4, -0.2) is 56.8 Å². The Labute approximate surface area is 220 Å².